The van der Waals surface area contributed by atoms with Gasteiger partial charge in [-0.1, -0.05) is 6.92 Å². The van der Waals surface area contributed by atoms with E-state index in [1.807, 2.05) is 0 Å². The molecule has 1 saturated heterocycles. The predicted octanol–water partition coefficient (Wildman–Crippen LogP) is 2.78. The van der Waals surface area contributed by atoms with Crippen molar-refractivity contribution in [2.45, 2.75) is 69.4 Å². The van der Waals surface area contributed by atoms with E-state index in [4.69, 9.17) is 0 Å². The molecule has 18 heavy (non-hydrogen) atoms. The molecule has 1 aliphatic heterocycles. The van der Waals surface area contributed by atoms with E-state index in [1.54, 1.807) is 6.42 Å². The first-order valence-electron chi connectivity index (χ1n) is 8.24. The molecule has 1 N–H and O–H groups in total. The second kappa shape index (κ2) is 3.96. The molecule has 0 aromatic rings. The minimum Gasteiger partial charge on any atom is -0.311 e. The van der Waals surface area contributed by atoms with Crippen molar-refractivity contribution < 1.29 is 0 Å². The molecule has 0 radical (unpaired) electrons. The van der Waals surface area contributed by atoms with Crippen LogP contribution in [0.3, 0.4) is 0 Å². The van der Waals surface area contributed by atoms with Crippen molar-refractivity contribution >= 4 is 0 Å². The molecule has 102 valence electrons. The SMILES string of the molecule is CCNC12CC3CC(C1)CC(N1CCCC1)(C3)C2. The quantitative estimate of drug-likeness (QED) is 0.826. The number of nitrogens with zero attached hydrogens (tertiary/aromatic N) is 1. The van der Waals surface area contributed by atoms with E-state index < -0.39 is 0 Å². The van der Waals surface area contributed by atoms with E-state index >= 15 is 0 Å². The summed E-state index contributed by atoms with van der Waals surface area (Å²) in [7, 11) is 0. The van der Waals surface area contributed by atoms with Crippen molar-refractivity contribution in [3.05, 3.63) is 0 Å². The van der Waals surface area contributed by atoms with Gasteiger partial charge in [-0.05, 0) is 82.8 Å². The lowest BCUT2D eigenvalue weighted by Gasteiger charge is -2.65. The van der Waals surface area contributed by atoms with Crippen LogP contribution in [0.15, 0.2) is 0 Å². The van der Waals surface area contributed by atoms with Crippen LogP contribution in [0.4, 0.5) is 0 Å². The van der Waals surface area contributed by atoms with Gasteiger partial charge in [-0.2, -0.15) is 0 Å². The van der Waals surface area contributed by atoms with Crippen LogP contribution in [0, 0.1) is 11.8 Å². The van der Waals surface area contributed by atoms with Gasteiger partial charge in [-0.3, -0.25) is 4.90 Å². The van der Waals surface area contributed by atoms with Gasteiger partial charge >= 0.3 is 0 Å². The Bertz CT molecular complexity index is 318. The maximum atomic E-state index is 3.91. The molecule has 2 heteroatoms. The standard InChI is InChI=1S/C16H28N2/c1-2-17-15-8-13-7-14(9-15)11-16(10-13,12-15)18-5-3-4-6-18/h13-14,17H,2-12H2,1H3. The number of likely N-dealkylation sites (tertiary alicyclic amines) is 1. The molecule has 0 aromatic carbocycles. The van der Waals surface area contributed by atoms with Crippen molar-refractivity contribution in [2.75, 3.05) is 19.6 Å². The minimum absolute atomic E-state index is 0.529. The van der Waals surface area contributed by atoms with Crippen molar-refractivity contribution in [1.29, 1.82) is 0 Å². The van der Waals surface area contributed by atoms with Crippen LogP contribution in [0.25, 0.3) is 0 Å². The third-order valence-corrected chi connectivity index (χ3v) is 6.36. The highest BCUT2D eigenvalue weighted by Crippen LogP contribution is 2.59. The molecule has 4 aliphatic carbocycles. The highest BCUT2D eigenvalue weighted by Gasteiger charge is 2.59. The maximum absolute atomic E-state index is 3.91. The maximum Gasteiger partial charge on any atom is 0.0232 e. The Morgan fingerprint density at radius 3 is 2.33 bits per heavy atom. The zero-order valence-electron chi connectivity index (χ0n) is 11.9. The Kier molecular flexibility index (Phi) is 2.58. The Labute approximate surface area is 111 Å². The summed E-state index contributed by atoms with van der Waals surface area (Å²) < 4.78 is 0. The van der Waals surface area contributed by atoms with Crippen LogP contribution in [0.2, 0.25) is 0 Å². The van der Waals surface area contributed by atoms with Gasteiger partial charge in [-0.15, -0.1) is 0 Å². The van der Waals surface area contributed by atoms with E-state index in [9.17, 15) is 0 Å². The summed E-state index contributed by atoms with van der Waals surface area (Å²) in [6, 6.07) is 0. The highest BCUT2D eigenvalue weighted by atomic mass is 15.2. The lowest BCUT2D eigenvalue weighted by atomic mass is 9.49. The van der Waals surface area contributed by atoms with Gasteiger partial charge in [0.05, 0.1) is 0 Å². The summed E-state index contributed by atoms with van der Waals surface area (Å²) in [6.45, 7) is 6.24. The smallest absolute Gasteiger partial charge is 0.0232 e. The topological polar surface area (TPSA) is 15.3 Å². The van der Waals surface area contributed by atoms with E-state index in [2.05, 4.69) is 17.1 Å². The Hall–Kier alpha value is -0.0800. The summed E-state index contributed by atoms with van der Waals surface area (Å²) in [5.41, 5.74) is 1.14. The van der Waals surface area contributed by atoms with Gasteiger partial charge in [0, 0.05) is 11.1 Å². The van der Waals surface area contributed by atoms with Crippen LogP contribution < -0.4 is 5.32 Å². The van der Waals surface area contributed by atoms with E-state index in [-0.39, 0.29) is 0 Å². The molecule has 5 fully saturated rings. The largest absolute Gasteiger partial charge is 0.311 e. The summed E-state index contributed by atoms with van der Waals surface area (Å²) in [5.74, 6) is 2.07. The summed E-state index contributed by atoms with van der Waals surface area (Å²) in [6.07, 6.45) is 11.9. The van der Waals surface area contributed by atoms with Gasteiger partial charge in [0.2, 0.25) is 0 Å². The molecular formula is C16H28N2. The summed E-state index contributed by atoms with van der Waals surface area (Å²) in [5, 5.41) is 3.91. The molecular weight excluding hydrogens is 220 g/mol. The number of rotatable bonds is 3. The van der Waals surface area contributed by atoms with Crippen LogP contribution in [-0.2, 0) is 0 Å². The Balaban J connectivity index is 1.65. The van der Waals surface area contributed by atoms with Gasteiger partial charge < -0.3 is 5.32 Å². The van der Waals surface area contributed by atoms with Crippen molar-refractivity contribution in [2.24, 2.45) is 11.8 Å². The molecule has 2 atom stereocenters. The normalized spacial score (nSPS) is 51.2. The van der Waals surface area contributed by atoms with Crippen LogP contribution in [0.5, 0.6) is 0 Å². The lowest BCUT2D eigenvalue weighted by Crippen LogP contribution is -2.68. The van der Waals surface area contributed by atoms with Crippen LogP contribution in [-0.4, -0.2) is 35.6 Å². The molecule has 2 nitrogen and oxygen atoms in total. The van der Waals surface area contributed by atoms with E-state index in [0.717, 1.165) is 18.4 Å². The first-order chi connectivity index (χ1) is 8.74. The summed E-state index contributed by atoms with van der Waals surface area (Å²) in [4.78, 5) is 2.90. The fourth-order valence-electron chi connectivity index (χ4n) is 6.36. The number of hydrogen-bond acceptors (Lipinski definition) is 2. The van der Waals surface area contributed by atoms with Gasteiger partial charge in [0.25, 0.3) is 0 Å². The third-order valence-electron chi connectivity index (χ3n) is 6.36. The number of nitrogens with one attached hydrogen (secondary N) is 1. The van der Waals surface area contributed by atoms with Crippen molar-refractivity contribution in [3.63, 3.8) is 0 Å². The second-order valence-corrected chi connectivity index (χ2v) is 7.69. The Morgan fingerprint density at radius 2 is 1.72 bits per heavy atom. The molecule has 4 bridgehead atoms. The van der Waals surface area contributed by atoms with Crippen molar-refractivity contribution in [3.8, 4) is 0 Å². The number of hydrogen-bond donors (Lipinski definition) is 1. The summed E-state index contributed by atoms with van der Waals surface area (Å²) >= 11 is 0. The molecule has 5 rings (SSSR count). The first-order valence-corrected chi connectivity index (χ1v) is 8.24. The molecule has 2 unspecified atom stereocenters. The lowest BCUT2D eigenvalue weighted by molar-refractivity contribution is -0.102. The predicted molar refractivity (Wildman–Crippen MR) is 74.6 cm³/mol. The van der Waals surface area contributed by atoms with Crippen LogP contribution in [0.1, 0.15) is 58.3 Å². The zero-order chi connectivity index (χ0) is 12.2. The average molecular weight is 248 g/mol. The Morgan fingerprint density at radius 1 is 1.06 bits per heavy atom. The highest BCUT2D eigenvalue weighted by molar-refractivity contribution is 5.16. The van der Waals surface area contributed by atoms with Crippen molar-refractivity contribution in [1.82, 2.24) is 10.2 Å². The van der Waals surface area contributed by atoms with E-state index in [0.29, 0.717) is 11.1 Å². The molecule has 5 aliphatic rings. The second-order valence-electron chi connectivity index (χ2n) is 7.69. The van der Waals surface area contributed by atoms with Gasteiger partial charge in [-0.25, -0.2) is 0 Å². The van der Waals surface area contributed by atoms with Gasteiger partial charge in [0.1, 0.15) is 0 Å². The third kappa shape index (κ3) is 1.61. The fourth-order valence-corrected chi connectivity index (χ4v) is 6.36. The molecule has 0 aromatic heterocycles. The van der Waals surface area contributed by atoms with E-state index in [1.165, 1.54) is 58.0 Å². The van der Waals surface area contributed by atoms with Crippen LogP contribution >= 0.6 is 0 Å². The average Bonchev–Trinajstić information content (AvgIpc) is 2.80. The minimum atomic E-state index is 0.529. The first kappa shape index (κ1) is 11.7. The molecule has 4 saturated carbocycles. The molecule has 0 spiro atoms. The fraction of sp³-hybridized carbons (Fsp3) is 1.00. The monoisotopic (exact) mass is 248 g/mol. The van der Waals surface area contributed by atoms with Gasteiger partial charge in [0.15, 0.2) is 0 Å². The molecule has 1 heterocycles. The molecule has 0 amide bonds. The zero-order valence-corrected chi connectivity index (χ0v) is 11.9.